The largest absolute Gasteiger partial charge is 1.00 e. The van der Waals surface area contributed by atoms with Crippen LogP contribution in [-0.4, -0.2) is 5.97 Å². The van der Waals surface area contributed by atoms with Crippen LogP contribution in [0.2, 0.25) is 0 Å². The maximum Gasteiger partial charge on any atom is 1.00 e. The minimum atomic E-state index is -1.17. The van der Waals surface area contributed by atoms with Crippen molar-refractivity contribution in [2.75, 3.05) is 0 Å². The number of carbonyl (C=O) groups is 1. The van der Waals surface area contributed by atoms with E-state index in [4.69, 9.17) is 0 Å². The van der Waals surface area contributed by atoms with E-state index in [-0.39, 0.29) is 29.6 Å². The summed E-state index contributed by atoms with van der Waals surface area (Å²) in [5.74, 6) is -1.17. The van der Waals surface area contributed by atoms with E-state index in [0.29, 0.717) is 5.56 Å². The maximum absolute atomic E-state index is 10.3. The molecule has 0 aliphatic heterocycles. The molecule has 1 aromatic rings. The number of hydrogen-bond acceptors (Lipinski definition) is 3. The van der Waals surface area contributed by atoms with Gasteiger partial charge >= 0.3 is 29.6 Å². The van der Waals surface area contributed by atoms with Gasteiger partial charge in [-0.3, -0.25) is 0 Å². The van der Waals surface area contributed by atoms with Crippen molar-refractivity contribution in [2.24, 2.45) is 0 Å². The molecule has 1 rings (SSSR count). The van der Waals surface area contributed by atoms with Crippen LogP contribution in [0.1, 0.15) is 10.8 Å². The van der Waals surface area contributed by atoms with E-state index < -0.39 is 11.2 Å². The normalized spacial score (nSPS) is 11.4. The molecule has 4 heteroatoms. The summed E-state index contributed by atoms with van der Waals surface area (Å²) in [6.45, 7) is 0. The molecule has 0 bridgehead atoms. The summed E-state index contributed by atoms with van der Waals surface area (Å²) in [4.78, 5) is 10.3. The minimum Gasteiger partial charge on any atom is -0.549 e. The molecule has 0 N–H and O–H groups in total. The van der Waals surface area contributed by atoms with Crippen LogP contribution in [0, 0.1) is 0 Å². The molecule has 0 aromatic heterocycles. The molecule has 0 spiro atoms. The SMILES string of the molecule is O=C([O-])[C@@H](S)c1ccccc1.[Na+]. The van der Waals surface area contributed by atoms with Crippen LogP contribution >= 0.6 is 12.6 Å². The summed E-state index contributed by atoms with van der Waals surface area (Å²) in [5, 5.41) is 9.49. The summed E-state index contributed by atoms with van der Waals surface area (Å²) >= 11 is 3.85. The van der Waals surface area contributed by atoms with Crippen molar-refractivity contribution in [3.63, 3.8) is 0 Å². The van der Waals surface area contributed by atoms with Crippen molar-refractivity contribution in [1.29, 1.82) is 0 Å². The molecule has 12 heavy (non-hydrogen) atoms. The minimum absolute atomic E-state index is 0. The zero-order valence-electron chi connectivity index (χ0n) is 6.73. The Bertz CT molecular complexity index is 250. The number of benzene rings is 1. The van der Waals surface area contributed by atoms with Gasteiger partial charge in [0.25, 0.3) is 0 Å². The summed E-state index contributed by atoms with van der Waals surface area (Å²) < 4.78 is 0. The van der Waals surface area contributed by atoms with Gasteiger partial charge in [0.15, 0.2) is 0 Å². The third kappa shape index (κ3) is 3.19. The number of rotatable bonds is 2. The Kier molecular flexibility index (Phi) is 5.66. The van der Waals surface area contributed by atoms with Gasteiger partial charge in [0.1, 0.15) is 0 Å². The molecule has 0 heterocycles. The van der Waals surface area contributed by atoms with Gasteiger partial charge in [-0.2, -0.15) is 12.6 Å². The first-order chi connectivity index (χ1) is 5.22. The Balaban J connectivity index is 0.00000121. The van der Waals surface area contributed by atoms with Crippen molar-refractivity contribution in [3.05, 3.63) is 35.9 Å². The molecule has 1 atom stereocenters. The van der Waals surface area contributed by atoms with Gasteiger partial charge in [-0.15, -0.1) is 0 Å². The van der Waals surface area contributed by atoms with E-state index in [1.54, 1.807) is 24.3 Å². The van der Waals surface area contributed by atoms with Crippen LogP contribution in [0.5, 0.6) is 0 Å². The number of hydrogen-bond donors (Lipinski definition) is 1. The molecule has 0 amide bonds. The molecule has 2 nitrogen and oxygen atoms in total. The predicted molar refractivity (Wildman–Crippen MR) is 43.2 cm³/mol. The predicted octanol–water partition coefficient (Wildman–Crippen LogP) is -2.59. The topological polar surface area (TPSA) is 40.1 Å². The monoisotopic (exact) mass is 190 g/mol. The quantitative estimate of drug-likeness (QED) is 0.411. The maximum atomic E-state index is 10.3. The van der Waals surface area contributed by atoms with E-state index in [9.17, 15) is 9.90 Å². The number of thiol groups is 1. The van der Waals surface area contributed by atoms with Crippen molar-refractivity contribution >= 4 is 18.6 Å². The smallest absolute Gasteiger partial charge is 0.549 e. The van der Waals surface area contributed by atoms with Gasteiger partial charge in [0, 0.05) is 0 Å². The Morgan fingerprint density at radius 3 is 2.25 bits per heavy atom. The second-order valence-corrected chi connectivity index (χ2v) is 2.65. The van der Waals surface area contributed by atoms with Gasteiger partial charge in [-0.25, -0.2) is 0 Å². The van der Waals surface area contributed by atoms with Crippen LogP contribution in [0.15, 0.2) is 30.3 Å². The number of carboxylic acids is 1. The Morgan fingerprint density at radius 1 is 1.33 bits per heavy atom. The molecule has 0 aliphatic rings. The van der Waals surface area contributed by atoms with Gasteiger partial charge in [-0.05, 0) is 5.56 Å². The van der Waals surface area contributed by atoms with Gasteiger partial charge < -0.3 is 9.90 Å². The van der Waals surface area contributed by atoms with Crippen LogP contribution in [0.3, 0.4) is 0 Å². The molecule has 58 valence electrons. The number of carboxylic acid groups (broad SMARTS) is 1. The van der Waals surface area contributed by atoms with Crippen LogP contribution in [-0.2, 0) is 4.79 Å². The van der Waals surface area contributed by atoms with Gasteiger partial charge in [-0.1, -0.05) is 30.3 Å². The summed E-state index contributed by atoms with van der Waals surface area (Å²) in [6, 6.07) is 8.75. The molecule has 0 aliphatic carbocycles. The summed E-state index contributed by atoms with van der Waals surface area (Å²) in [7, 11) is 0. The van der Waals surface area contributed by atoms with E-state index in [1.807, 2.05) is 6.07 Å². The first-order valence-corrected chi connectivity index (χ1v) is 3.67. The molecule has 1 aromatic carbocycles. The molecule has 0 unspecified atom stereocenters. The summed E-state index contributed by atoms with van der Waals surface area (Å²) in [5.41, 5.74) is 0.649. The fourth-order valence-corrected chi connectivity index (χ4v) is 0.944. The Hall–Kier alpha value is 0.0400. The van der Waals surface area contributed by atoms with Crippen molar-refractivity contribution < 1.29 is 39.5 Å². The second kappa shape index (κ2) is 5.65. The first kappa shape index (κ1) is 12.0. The van der Waals surface area contributed by atoms with E-state index in [2.05, 4.69) is 12.6 Å². The number of carbonyl (C=O) groups excluding carboxylic acids is 1. The Labute approximate surface area is 98.7 Å². The van der Waals surface area contributed by atoms with E-state index >= 15 is 0 Å². The Morgan fingerprint density at radius 2 is 1.83 bits per heavy atom. The molecule has 0 saturated carbocycles. The van der Waals surface area contributed by atoms with Crippen molar-refractivity contribution in [3.8, 4) is 0 Å². The third-order valence-electron chi connectivity index (χ3n) is 1.34. The molecule has 0 saturated heterocycles. The second-order valence-electron chi connectivity index (χ2n) is 2.13. The van der Waals surface area contributed by atoms with Crippen LogP contribution < -0.4 is 34.7 Å². The fraction of sp³-hybridized carbons (Fsp3) is 0.125. The number of aliphatic carboxylic acids is 1. The zero-order chi connectivity index (χ0) is 8.27. The fourth-order valence-electron chi connectivity index (χ4n) is 0.771. The van der Waals surface area contributed by atoms with Crippen molar-refractivity contribution in [2.45, 2.75) is 5.25 Å². The average molecular weight is 190 g/mol. The van der Waals surface area contributed by atoms with Gasteiger partial charge in [0.2, 0.25) is 0 Å². The van der Waals surface area contributed by atoms with Crippen molar-refractivity contribution in [1.82, 2.24) is 0 Å². The van der Waals surface area contributed by atoms with E-state index in [0.717, 1.165) is 0 Å². The summed E-state index contributed by atoms with van der Waals surface area (Å²) in [6.07, 6.45) is 0. The van der Waals surface area contributed by atoms with Gasteiger partial charge in [0.05, 0.1) is 11.2 Å². The molecule has 0 radical (unpaired) electrons. The third-order valence-corrected chi connectivity index (χ3v) is 1.85. The standard InChI is InChI=1S/C8H8O2S.Na/c9-8(10)7(11)6-4-2-1-3-5-6;/h1-5,7,11H,(H,9,10);/q;+1/p-1/t7-;/m0./s1. The zero-order valence-corrected chi connectivity index (χ0v) is 9.62. The molecule has 0 fully saturated rings. The first-order valence-electron chi connectivity index (χ1n) is 3.15. The average Bonchev–Trinajstić information content (AvgIpc) is 2.05. The molecular weight excluding hydrogens is 183 g/mol. The molecular formula is C8H7NaO2S. The van der Waals surface area contributed by atoms with Crippen LogP contribution in [0.4, 0.5) is 0 Å². The van der Waals surface area contributed by atoms with E-state index in [1.165, 1.54) is 0 Å². The van der Waals surface area contributed by atoms with Crippen LogP contribution in [0.25, 0.3) is 0 Å².